The van der Waals surface area contributed by atoms with Gasteiger partial charge in [0.15, 0.2) is 15.7 Å². The highest BCUT2D eigenvalue weighted by Crippen LogP contribution is 2.49. The van der Waals surface area contributed by atoms with Gasteiger partial charge in [0.1, 0.15) is 24.1 Å². The molecule has 4 N–H and O–H groups in total. The molecule has 2 heterocycles. The first kappa shape index (κ1) is 34.0. The summed E-state index contributed by atoms with van der Waals surface area (Å²) in [5.74, 6) is -0.594. The van der Waals surface area contributed by atoms with Gasteiger partial charge in [0.25, 0.3) is 0 Å². The van der Waals surface area contributed by atoms with Crippen LogP contribution in [0.5, 0.6) is 0 Å². The maximum absolute atomic E-state index is 13.6. The zero-order valence-corrected chi connectivity index (χ0v) is 25.7. The first-order valence-electron chi connectivity index (χ1n) is 12.0. The average Bonchev–Trinajstić information content (AvgIpc) is 3.03. The summed E-state index contributed by atoms with van der Waals surface area (Å²) in [4.78, 5) is 40.3. The minimum absolute atomic E-state index is 0.0407. The number of nitrogens with one attached hydrogen (secondary N) is 1. The van der Waals surface area contributed by atoms with Crippen LogP contribution >= 0.6 is 42.7 Å². The summed E-state index contributed by atoms with van der Waals surface area (Å²) in [6.07, 6.45) is -3.44. The number of alkyl halides is 2. The van der Waals surface area contributed by atoms with Crippen LogP contribution in [0.1, 0.15) is 47.8 Å². The van der Waals surface area contributed by atoms with E-state index in [9.17, 15) is 24.1 Å². The van der Waals surface area contributed by atoms with Crippen molar-refractivity contribution in [1.82, 2.24) is 14.6 Å². The number of nitrogens with two attached hydrogens (primary N) is 1. The summed E-state index contributed by atoms with van der Waals surface area (Å²) >= 11 is 13.6. The second-order valence-corrected chi connectivity index (χ2v) is 14.3. The highest BCUT2D eigenvalue weighted by atomic mass is 35.5. The van der Waals surface area contributed by atoms with Crippen molar-refractivity contribution in [2.75, 3.05) is 24.7 Å². The Morgan fingerprint density at radius 1 is 1.33 bits per heavy atom. The minimum Gasteiger partial charge on any atom is -0.462 e. The summed E-state index contributed by atoms with van der Waals surface area (Å²) in [5, 5.41) is 13.1. The Labute approximate surface area is 241 Å². The van der Waals surface area contributed by atoms with Crippen molar-refractivity contribution >= 4 is 59.6 Å². The van der Waals surface area contributed by atoms with Gasteiger partial charge in [-0.25, -0.2) is 14.4 Å². The van der Waals surface area contributed by atoms with E-state index < -0.39 is 66.3 Å². The molecule has 0 bridgehead atoms. The zero-order valence-electron chi connectivity index (χ0n) is 22.5. The summed E-state index contributed by atoms with van der Waals surface area (Å²) in [5.41, 5.74) is 4.11. The lowest BCUT2D eigenvalue weighted by Crippen LogP contribution is -2.40. The van der Waals surface area contributed by atoms with Gasteiger partial charge in [-0.2, -0.15) is 4.98 Å². The van der Waals surface area contributed by atoms with Gasteiger partial charge >= 0.3 is 19.4 Å². The van der Waals surface area contributed by atoms with E-state index in [-0.39, 0.29) is 23.3 Å². The average molecular weight is 633 g/mol. The fraction of sp³-hybridized carbons (Fsp3) is 0.727. The Hall–Kier alpha value is -1.22. The Bertz CT molecular complexity index is 1130. The van der Waals surface area contributed by atoms with Gasteiger partial charge in [0, 0.05) is 17.4 Å². The normalized spacial score (nSPS) is 23.4. The molecule has 1 fully saturated rings. The van der Waals surface area contributed by atoms with Crippen LogP contribution in [0.3, 0.4) is 0 Å². The van der Waals surface area contributed by atoms with E-state index in [1.165, 1.54) is 19.2 Å². The quantitative estimate of drug-likeness (QED) is 0.132. The number of aliphatic hydroxyl groups is 1. The molecule has 1 saturated heterocycles. The van der Waals surface area contributed by atoms with Crippen LogP contribution in [0, 0.1) is 5.41 Å². The van der Waals surface area contributed by atoms with Crippen LogP contribution in [0.15, 0.2) is 17.1 Å². The van der Waals surface area contributed by atoms with E-state index in [4.69, 9.17) is 47.5 Å². The molecule has 5 atom stereocenters. The molecule has 0 aromatic carbocycles. The van der Waals surface area contributed by atoms with Gasteiger partial charge < -0.3 is 20.3 Å². The molecule has 0 aliphatic carbocycles. The number of nitrogen functional groups attached to an aromatic ring is 1. The highest BCUT2D eigenvalue weighted by Gasteiger charge is 2.56. The van der Waals surface area contributed by atoms with Gasteiger partial charge in [-0.05, 0) is 26.8 Å². The Balaban J connectivity index is 2.16. The molecule has 1 aromatic rings. The molecule has 0 amide bonds. The van der Waals surface area contributed by atoms with Crippen molar-refractivity contribution in [1.29, 1.82) is 0 Å². The topological polar surface area (TPSA) is 181 Å². The number of nitrogens with zero attached hydrogens (tertiary/aromatic N) is 2. The molecule has 0 spiro atoms. The van der Waals surface area contributed by atoms with Gasteiger partial charge in [-0.3, -0.25) is 23.2 Å². The lowest BCUT2D eigenvalue weighted by molar-refractivity contribution is -0.149. The maximum Gasteiger partial charge on any atom is 0.406 e. The number of hydrogen-bond acceptors (Lipinski definition) is 12. The molecule has 17 heteroatoms. The van der Waals surface area contributed by atoms with E-state index in [1.807, 2.05) is 0 Å². The molecule has 1 aliphatic heterocycles. The number of rotatable bonds is 12. The van der Waals surface area contributed by atoms with E-state index in [2.05, 4.69) is 10.1 Å². The van der Waals surface area contributed by atoms with Gasteiger partial charge in [-0.15, -0.1) is 0 Å². The summed E-state index contributed by atoms with van der Waals surface area (Å²) in [6, 6.07) is 0.209. The van der Waals surface area contributed by atoms with E-state index in [0.29, 0.717) is 0 Å². The van der Waals surface area contributed by atoms with Gasteiger partial charge in [0.2, 0.25) is 0 Å². The number of carbonyl (C=O) groups excluding carboxylic acids is 2. The van der Waals surface area contributed by atoms with Crippen molar-refractivity contribution in [3.63, 3.8) is 0 Å². The molecule has 0 saturated carbocycles. The lowest BCUT2D eigenvalue weighted by Gasteiger charge is -2.25. The molecule has 1 aliphatic rings. The van der Waals surface area contributed by atoms with Gasteiger partial charge in [0.05, 0.1) is 19.3 Å². The monoisotopic (exact) mass is 632 g/mol. The van der Waals surface area contributed by atoms with Gasteiger partial charge in [-0.1, -0.05) is 55.7 Å². The predicted octanol–water partition coefficient (Wildman–Crippen LogP) is 2.63. The molecular formula is C22H35Cl2N4O9PS. The zero-order chi connectivity index (χ0) is 29.8. The first-order chi connectivity index (χ1) is 17.9. The van der Waals surface area contributed by atoms with Crippen LogP contribution in [-0.4, -0.2) is 73.4 Å². The molecule has 13 nitrogen and oxygen atoms in total. The number of aliphatic hydroxyl groups excluding tert-OH is 1. The van der Waals surface area contributed by atoms with Crippen LogP contribution < -0.4 is 16.5 Å². The van der Waals surface area contributed by atoms with Crippen molar-refractivity contribution in [2.45, 2.75) is 76.5 Å². The van der Waals surface area contributed by atoms with E-state index in [1.54, 1.807) is 34.6 Å². The molecule has 222 valence electrons. The number of ether oxygens (including phenoxy) is 2. The Morgan fingerprint density at radius 3 is 2.54 bits per heavy atom. The molecule has 0 radical (unpaired) electrons. The molecule has 2 rings (SSSR count). The predicted molar refractivity (Wildman–Crippen MR) is 148 cm³/mol. The third-order valence-electron chi connectivity index (χ3n) is 5.14. The first-order valence-corrected chi connectivity index (χ1v) is 15.3. The number of thioether (sulfide) groups is 1. The highest BCUT2D eigenvalue weighted by molar-refractivity contribution is 8.13. The lowest BCUT2D eigenvalue weighted by atomic mass is 10.00. The smallest absolute Gasteiger partial charge is 0.406 e. The fourth-order valence-electron chi connectivity index (χ4n) is 3.13. The maximum atomic E-state index is 13.6. The Kier molecular flexibility index (Phi) is 11.9. The molecule has 0 unspecified atom stereocenters. The molecule has 39 heavy (non-hydrogen) atoms. The van der Waals surface area contributed by atoms with Crippen LogP contribution in [0.25, 0.3) is 0 Å². The van der Waals surface area contributed by atoms with Crippen LogP contribution in [0.4, 0.5) is 5.82 Å². The summed E-state index contributed by atoms with van der Waals surface area (Å²) in [6.45, 7) is 9.27. The van der Waals surface area contributed by atoms with Crippen LogP contribution in [0.2, 0.25) is 0 Å². The number of carbonyl (C=O) groups is 2. The number of aromatic nitrogens is 2. The van der Waals surface area contributed by atoms with Crippen LogP contribution in [-0.2, 0) is 32.7 Å². The SMILES string of the molecule is CC(C)OC(=O)[C@H](C)N[P@](=O)(OCCSC(=O)C(C)(C)C)OC[C@H]1O[C@@H](n2ccc(N)nc2=O)C(Cl)(Cl)[C@@H]1O. The standard InChI is InChI=1S/C22H35Cl2N4O9PS/c1-12(2)36-17(30)13(3)27-38(33,34-9-10-39-19(31)21(4,5)6)35-11-14-16(29)22(23,24)18(37-14)28-8-7-15(25)26-20(28)32/h7-8,12-14,16,18,29H,9-11H2,1-6H3,(H,27,33)(H2,25,26,32)/t13-,14+,16+,18+,38-/m0/s1. The third-order valence-corrected chi connectivity index (χ3v) is 8.92. The van der Waals surface area contributed by atoms with E-state index in [0.717, 1.165) is 16.3 Å². The number of halogens is 2. The fourth-order valence-corrected chi connectivity index (χ4v) is 6.11. The van der Waals surface area contributed by atoms with Crippen molar-refractivity contribution < 1.29 is 37.8 Å². The molecular weight excluding hydrogens is 598 g/mol. The Morgan fingerprint density at radius 2 is 1.97 bits per heavy atom. The van der Waals surface area contributed by atoms with Crippen molar-refractivity contribution in [2.24, 2.45) is 5.41 Å². The second kappa shape index (κ2) is 13.6. The number of esters is 1. The van der Waals surface area contributed by atoms with Crippen molar-refractivity contribution in [3.8, 4) is 0 Å². The number of hydrogen-bond donors (Lipinski definition) is 3. The largest absolute Gasteiger partial charge is 0.462 e. The molecule has 1 aromatic heterocycles. The second-order valence-electron chi connectivity index (χ2n) is 10.0. The summed E-state index contributed by atoms with van der Waals surface area (Å²) < 4.78 is 34.3. The van der Waals surface area contributed by atoms with Crippen molar-refractivity contribution in [3.05, 3.63) is 22.7 Å². The summed E-state index contributed by atoms with van der Waals surface area (Å²) in [7, 11) is -4.25. The third kappa shape index (κ3) is 9.40. The number of anilines is 1. The minimum atomic E-state index is -4.25. The van der Waals surface area contributed by atoms with E-state index >= 15 is 0 Å².